The summed E-state index contributed by atoms with van der Waals surface area (Å²) >= 11 is 0. The lowest BCUT2D eigenvalue weighted by atomic mass is 10.0. The molecule has 0 heterocycles. The zero-order chi connectivity index (χ0) is 16.8. The summed E-state index contributed by atoms with van der Waals surface area (Å²) in [6, 6.07) is 13.9. The fourth-order valence-corrected chi connectivity index (χ4v) is 2.12. The summed E-state index contributed by atoms with van der Waals surface area (Å²) in [6.07, 6.45) is 2.74. The number of nitro groups is 1. The summed E-state index contributed by atoms with van der Waals surface area (Å²) in [5.74, 6) is 0.0402. The van der Waals surface area contributed by atoms with Gasteiger partial charge in [0.25, 0.3) is 5.69 Å². The Kier molecular flexibility index (Phi) is 5.25. The Balaban J connectivity index is 2.11. The molecule has 0 bridgehead atoms. The van der Waals surface area contributed by atoms with E-state index in [0.29, 0.717) is 17.2 Å². The molecule has 5 nitrogen and oxygen atoms in total. The Labute approximate surface area is 134 Å². The molecule has 0 saturated heterocycles. The molecule has 2 rings (SSSR count). The molecule has 2 aromatic carbocycles. The van der Waals surface area contributed by atoms with E-state index >= 15 is 0 Å². The summed E-state index contributed by atoms with van der Waals surface area (Å²) in [6.45, 7) is 4.16. The van der Waals surface area contributed by atoms with Crippen LogP contribution in [0.3, 0.4) is 0 Å². The number of nitrogens with one attached hydrogen (secondary N) is 1. The van der Waals surface area contributed by atoms with Crippen LogP contribution >= 0.6 is 0 Å². The second kappa shape index (κ2) is 7.35. The largest absolute Gasteiger partial charge is 0.323 e. The molecule has 118 valence electrons. The van der Waals surface area contributed by atoms with Crippen molar-refractivity contribution in [2.45, 2.75) is 19.8 Å². The monoisotopic (exact) mass is 310 g/mol. The highest BCUT2D eigenvalue weighted by Crippen LogP contribution is 2.20. The average Bonchev–Trinajstić information content (AvgIpc) is 2.53. The number of rotatable bonds is 5. The molecular weight excluding hydrogens is 292 g/mol. The van der Waals surface area contributed by atoms with Crippen LogP contribution in [-0.2, 0) is 4.79 Å². The van der Waals surface area contributed by atoms with E-state index in [1.54, 1.807) is 18.2 Å². The summed E-state index contributed by atoms with van der Waals surface area (Å²) in [4.78, 5) is 22.4. The molecule has 0 radical (unpaired) electrons. The van der Waals surface area contributed by atoms with Gasteiger partial charge in [0.1, 0.15) is 0 Å². The second-order valence-electron chi connectivity index (χ2n) is 5.42. The van der Waals surface area contributed by atoms with Gasteiger partial charge in [-0.1, -0.05) is 38.1 Å². The molecule has 1 amide bonds. The lowest BCUT2D eigenvalue weighted by Gasteiger charge is -2.08. The predicted octanol–water partition coefficient (Wildman–Crippen LogP) is 4.37. The number of amides is 1. The number of para-hydroxylation sites is 1. The Bertz CT molecular complexity index is 751. The maximum atomic E-state index is 12.0. The van der Waals surface area contributed by atoms with Gasteiger partial charge in [-0.15, -0.1) is 0 Å². The van der Waals surface area contributed by atoms with Crippen molar-refractivity contribution in [1.29, 1.82) is 0 Å². The minimum absolute atomic E-state index is 0.0293. The Hall–Kier alpha value is -2.95. The molecule has 0 atom stereocenters. The normalized spacial score (nSPS) is 10.9. The number of carbonyl (C=O) groups is 1. The molecule has 2 aromatic rings. The molecule has 5 heteroatoms. The summed E-state index contributed by atoms with van der Waals surface area (Å²) in [5, 5.41) is 13.7. The molecule has 0 aliphatic rings. The van der Waals surface area contributed by atoms with Gasteiger partial charge < -0.3 is 5.32 Å². The van der Waals surface area contributed by atoms with E-state index in [0.717, 1.165) is 5.56 Å². The van der Waals surface area contributed by atoms with E-state index in [1.165, 1.54) is 18.2 Å². The highest BCUT2D eigenvalue weighted by atomic mass is 16.6. The third-order valence-electron chi connectivity index (χ3n) is 3.37. The fraction of sp³-hybridized carbons (Fsp3) is 0.167. The van der Waals surface area contributed by atoms with E-state index in [2.05, 4.69) is 19.2 Å². The third-order valence-corrected chi connectivity index (χ3v) is 3.37. The molecule has 23 heavy (non-hydrogen) atoms. The van der Waals surface area contributed by atoms with Crippen LogP contribution in [0.1, 0.15) is 30.9 Å². The molecule has 0 saturated carbocycles. The first-order chi connectivity index (χ1) is 11.0. The van der Waals surface area contributed by atoms with Gasteiger partial charge in [0.2, 0.25) is 5.91 Å². The number of benzene rings is 2. The van der Waals surface area contributed by atoms with Gasteiger partial charge in [-0.3, -0.25) is 14.9 Å². The van der Waals surface area contributed by atoms with Crippen LogP contribution in [0.25, 0.3) is 6.08 Å². The highest BCUT2D eigenvalue weighted by Gasteiger charge is 2.09. The number of hydrogen-bond donors (Lipinski definition) is 1. The first-order valence-corrected chi connectivity index (χ1v) is 7.30. The van der Waals surface area contributed by atoms with Crippen molar-refractivity contribution in [2.24, 2.45) is 0 Å². The van der Waals surface area contributed by atoms with Crippen molar-refractivity contribution in [1.82, 2.24) is 0 Å². The van der Waals surface area contributed by atoms with E-state index in [4.69, 9.17) is 0 Å². The van der Waals surface area contributed by atoms with Crippen molar-refractivity contribution in [3.63, 3.8) is 0 Å². The second-order valence-corrected chi connectivity index (χ2v) is 5.42. The minimum atomic E-state index is -0.469. The number of nitro benzene ring substituents is 1. The Morgan fingerprint density at radius 1 is 1.17 bits per heavy atom. The van der Waals surface area contributed by atoms with Crippen LogP contribution in [0.4, 0.5) is 11.4 Å². The highest BCUT2D eigenvalue weighted by molar-refractivity contribution is 6.02. The van der Waals surface area contributed by atoms with Gasteiger partial charge >= 0.3 is 0 Å². The SMILES string of the molecule is CC(C)c1cccc(NC(=O)/C=C/c2ccccc2[N+](=O)[O-])c1. The van der Waals surface area contributed by atoms with Crippen LogP contribution in [0.2, 0.25) is 0 Å². The van der Waals surface area contributed by atoms with Crippen molar-refractivity contribution < 1.29 is 9.72 Å². The lowest BCUT2D eigenvalue weighted by Crippen LogP contribution is -2.08. The van der Waals surface area contributed by atoms with Gasteiger partial charge in [0.05, 0.1) is 10.5 Å². The van der Waals surface area contributed by atoms with Crippen LogP contribution < -0.4 is 5.32 Å². The zero-order valence-electron chi connectivity index (χ0n) is 13.0. The lowest BCUT2D eigenvalue weighted by molar-refractivity contribution is -0.385. The maximum Gasteiger partial charge on any atom is 0.276 e. The Morgan fingerprint density at radius 3 is 2.61 bits per heavy atom. The number of nitrogens with zero attached hydrogens (tertiary/aromatic N) is 1. The molecule has 0 aromatic heterocycles. The van der Waals surface area contributed by atoms with E-state index < -0.39 is 4.92 Å². The predicted molar refractivity (Wildman–Crippen MR) is 91.3 cm³/mol. The van der Waals surface area contributed by atoms with Crippen molar-refractivity contribution in [3.8, 4) is 0 Å². The molecule has 0 fully saturated rings. The van der Waals surface area contributed by atoms with Gasteiger partial charge in [0.15, 0.2) is 0 Å². The molecule has 1 N–H and O–H groups in total. The van der Waals surface area contributed by atoms with Gasteiger partial charge in [-0.2, -0.15) is 0 Å². The van der Waals surface area contributed by atoms with Crippen molar-refractivity contribution in [2.75, 3.05) is 5.32 Å². The van der Waals surface area contributed by atoms with Gasteiger partial charge in [0, 0.05) is 17.8 Å². The van der Waals surface area contributed by atoms with E-state index in [9.17, 15) is 14.9 Å². The van der Waals surface area contributed by atoms with Crippen LogP contribution in [0, 0.1) is 10.1 Å². The number of carbonyl (C=O) groups excluding carboxylic acids is 1. The minimum Gasteiger partial charge on any atom is -0.323 e. The first kappa shape index (κ1) is 16.4. The van der Waals surface area contributed by atoms with Crippen molar-refractivity contribution in [3.05, 3.63) is 75.8 Å². The van der Waals surface area contributed by atoms with Crippen LogP contribution in [0.15, 0.2) is 54.6 Å². The van der Waals surface area contributed by atoms with Crippen molar-refractivity contribution >= 4 is 23.4 Å². The van der Waals surface area contributed by atoms with Crippen LogP contribution in [0.5, 0.6) is 0 Å². The summed E-state index contributed by atoms with van der Waals surface area (Å²) in [7, 11) is 0. The topological polar surface area (TPSA) is 72.2 Å². The fourth-order valence-electron chi connectivity index (χ4n) is 2.12. The van der Waals surface area contributed by atoms with E-state index in [1.807, 2.05) is 24.3 Å². The number of hydrogen-bond acceptors (Lipinski definition) is 3. The maximum absolute atomic E-state index is 12.0. The van der Waals surface area contributed by atoms with Crippen LogP contribution in [-0.4, -0.2) is 10.8 Å². The molecule has 0 unspecified atom stereocenters. The first-order valence-electron chi connectivity index (χ1n) is 7.30. The molecule has 0 spiro atoms. The molecule has 0 aliphatic heterocycles. The average molecular weight is 310 g/mol. The summed E-state index contributed by atoms with van der Waals surface area (Å²) in [5.41, 5.74) is 2.20. The molecular formula is C18H18N2O3. The molecule has 0 aliphatic carbocycles. The Morgan fingerprint density at radius 2 is 1.91 bits per heavy atom. The van der Waals surface area contributed by atoms with E-state index in [-0.39, 0.29) is 11.6 Å². The standard InChI is InChI=1S/C18H18N2O3/c1-13(2)15-7-5-8-16(12-15)19-18(21)11-10-14-6-3-4-9-17(14)20(22)23/h3-13H,1-2H3,(H,19,21)/b11-10+. The van der Waals surface area contributed by atoms with Gasteiger partial charge in [-0.05, 0) is 35.8 Å². The number of anilines is 1. The summed E-state index contributed by atoms with van der Waals surface area (Å²) < 4.78 is 0. The zero-order valence-corrected chi connectivity index (χ0v) is 13.0. The quantitative estimate of drug-likeness (QED) is 0.506. The van der Waals surface area contributed by atoms with Gasteiger partial charge in [-0.25, -0.2) is 0 Å². The smallest absolute Gasteiger partial charge is 0.276 e. The third kappa shape index (κ3) is 4.51.